The van der Waals surface area contributed by atoms with Crippen LogP contribution in [0.15, 0.2) is 48.5 Å². The topological polar surface area (TPSA) is 61.4 Å². The summed E-state index contributed by atoms with van der Waals surface area (Å²) in [5.41, 5.74) is 5.97. The maximum Gasteiger partial charge on any atom is 0.248 e. The second-order valence-corrected chi connectivity index (χ2v) is 7.47. The number of rotatable bonds is 6. The van der Waals surface area contributed by atoms with E-state index in [9.17, 15) is 9.59 Å². The summed E-state index contributed by atoms with van der Waals surface area (Å²) < 4.78 is 0. The quantitative estimate of drug-likeness (QED) is 0.440. The van der Waals surface area contributed by atoms with Crippen molar-refractivity contribution in [3.8, 4) is 0 Å². The fourth-order valence-corrected chi connectivity index (χ4v) is 2.66. The molecular formula is C21H24ClN3O2. The van der Waals surface area contributed by atoms with E-state index in [2.05, 4.69) is 43.6 Å². The van der Waals surface area contributed by atoms with E-state index in [-0.39, 0.29) is 11.3 Å². The summed E-state index contributed by atoms with van der Waals surface area (Å²) in [5.74, 6) is -0.273. The third kappa shape index (κ3) is 5.67. The number of anilines is 2. The Bertz CT molecular complexity index is 839. The first-order valence-electron chi connectivity index (χ1n) is 8.55. The summed E-state index contributed by atoms with van der Waals surface area (Å²) in [6.45, 7) is 6.47. The lowest BCUT2D eigenvalue weighted by molar-refractivity contribution is -0.112. The smallest absolute Gasteiger partial charge is 0.248 e. The maximum absolute atomic E-state index is 12.2. The molecule has 2 aromatic carbocycles. The van der Waals surface area contributed by atoms with Crippen LogP contribution in [0.25, 0.3) is 6.08 Å². The van der Waals surface area contributed by atoms with Gasteiger partial charge >= 0.3 is 0 Å². The minimum Gasteiger partial charge on any atom is -0.322 e. The lowest BCUT2D eigenvalue weighted by atomic mass is 9.87. The Labute approximate surface area is 165 Å². The van der Waals surface area contributed by atoms with Gasteiger partial charge in [0.25, 0.3) is 0 Å². The van der Waals surface area contributed by atoms with Crippen molar-refractivity contribution in [2.45, 2.75) is 26.2 Å². The summed E-state index contributed by atoms with van der Waals surface area (Å²) in [6, 6.07) is 13.0. The SMILES string of the molecule is CNN(C=O)c1cc(NC(=O)C=Cc2ccc(C(C)(C)C)cc2)ccc1Cl. The molecule has 5 nitrogen and oxygen atoms in total. The number of amides is 2. The van der Waals surface area contributed by atoms with Crippen molar-refractivity contribution in [3.63, 3.8) is 0 Å². The van der Waals surface area contributed by atoms with Gasteiger partial charge in [-0.15, -0.1) is 0 Å². The molecule has 0 fully saturated rings. The molecule has 27 heavy (non-hydrogen) atoms. The van der Waals surface area contributed by atoms with Crippen molar-refractivity contribution in [1.29, 1.82) is 0 Å². The molecule has 6 heteroatoms. The molecule has 2 aromatic rings. The number of halogens is 1. The zero-order valence-electron chi connectivity index (χ0n) is 15.9. The van der Waals surface area contributed by atoms with E-state index in [1.54, 1.807) is 31.3 Å². The van der Waals surface area contributed by atoms with Gasteiger partial charge in [-0.25, -0.2) is 10.4 Å². The Kier molecular flexibility index (Phi) is 6.77. The van der Waals surface area contributed by atoms with Gasteiger partial charge in [0, 0.05) is 18.8 Å². The Morgan fingerprint density at radius 3 is 2.33 bits per heavy atom. The van der Waals surface area contributed by atoms with E-state index in [1.165, 1.54) is 16.6 Å². The zero-order chi connectivity index (χ0) is 20.0. The van der Waals surface area contributed by atoms with E-state index in [0.717, 1.165) is 5.56 Å². The fraction of sp³-hybridized carbons (Fsp3) is 0.238. The van der Waals surface area contributed by atoms with Gasteiger partial charge in [-0.1, -0.05) is 56.6 Å². The lowest BCUT2D eigenvalue weighted by Crippen LogP contribution is -2.33. The van der Waals surface area contributed by atoms with E-state index in [4.69, 9.17) is 11.6 Å². The van der Waals surface area contributed by atoms with Gasteiger partial charge in [0.15, 0.2) is 0 Å². The highest BCUT2D eigenvalue weighted by Crippen LogP contribution is 2.27. The van der Waals surface area contributed by atoms with Crippen LogP contribution < -0.4 is 15.8 Å². The summed E-state index contributed by atoms with van der Waals surface area (Å²) >= 11 is 6.10. The molecule has 0 aromatic heterocycles. The Morgan fingerprint density at radius 1 is 1.11 bits per heavy atom. The second-order valence-electron chi connectivity index (χ2n) is 7.06. The molecule has 2 rings (SSSR count). The largest absolute Gasteiger partial charge is 0.322 e. The van der Waals surface area contributed by atoms with Gasteiger partial charge in [-0.2, -0.15) is 0 Å². The van der Waals surface area contributed by atoms with Crippen molar-refractivity contribution >= 4 is 41.4 Å². The molecule has 0 aliphatic heterocycles. The normalized spacial score (nSPS) is 11.4. The van der Waals surface area contributed by atoms with Crippen LogP contribution in [0.3, 0.4) is 0 Å². The number of benzene rings is 2. The molecule has 0 atom stereocenters. The van der Waals surface area contributed by atoms with Crippen molar-refractivity contribution < 1.29 is 9.59 Å². The highest BCUT2D eigenvalue weighted by Gasteiger charge is 2.12. The Morgan fingerprint density at radius 2 is 1.78 bits per heavy atom. The summed E-state index contributed by atoms with van der Waals surface area (Å²) in [6.07, 6.45) is 3.83. The van der Waals surface area contributed by atoms with Crippen LogP contribution in [0.4, 0.5) is 11.4 Å². The van der Waals surface area contributed by atoms with E-state index in [0.29, 0.717) is 22.8 Å². The van der Waals surface area contributed by atoms with Crippen LogP contribution in [-0.4, -0.2) is 19.4 Å². The van der Waals surface area contributed by atoms with Gasteiger partial charge in [-0.05, 0) is 40.8 Å². The summed E-state index contributed by atoms with van der Waals surface area (Å²) in [4.78, 5) is 23.3. The molecule has 0 aliphatic carbocycles. The predicted molar refractivity (Wildman–Crippen MR) is 112 cm³/mol. The summed E-state index contributed by atoms with van der Waals surface area (Å²) in [5, 5.41) is 4.38. The van der Waals surface area contributed by atoms with Crippen LogP contribution in [0.2, 0.25) is 5.02 Å². The first-order chi connectivity index (χ1) is 12.7. The average molecular weight is 386 g/mol. The van der Waals surface area contributed by atoms with Crippen molar-refractivity contribution in [2.75, 3.05) is 17.4 Å². The number of nitrogens with zero attached hydrogens (tertiary/aromatic N) is 1. The maximum atomic E-state index is 12.2. The van der Waals surface area contributed by atoms with Gasteiger partial charge in [0.1, 0.15) is 0 Å². The highest BCUT2D eigenvalue weighted by molar-refractivity contribution is 6.33. The van der Waals surface area contributed by atoms with Crippen LogP contribution in [-0.2, 0) is 15.0 Å². The van der Waals surface area contributed by atoms with E-state index < -0.39 is 0 Å². The minimum atomic E-state index is -0.273. The van der Waals surface area contributed by atoms with E-state index in [1.807, 2.05) is 12.1 Å². The Balaban J connectivity index is 2.08. The lowest BCUT2D eigenvalue weighted by Gasteiger charge is -2.18. The molecule has 0 bridgehead atoms. The van der Waals surface area contributed by atoms with Crippen LogP contribution in [0.1, 0.15) is 31.9 Å². The molecule has 0 radical (unpaired) electrons. The number of nitrogens with one attached hydrogen (secondary N) is 2. The highest BCUT2D eigenvalue weighted by atomic mass is 35.5. The van der Waals surface area contributed by atoms with Crippen LogP contribution in [0, 0.1) is 0 Å². The second kappa shape index (κ2) is 8.84. The Hall–Kier alpha value is -2.63. The minimum absolute atomic E-state index is 0.0919. The molecule has 2 N–H and O–H groups in total. The molecule has 0 heterocycles. The third-order valence-corrected chi connectivity index (χ3v) is 4.34. The molecule has 0 unspecified atom stereocenters. The molecule has 0 saturated heterocycles. The molecule has 0 spiro atoms. The van der Waals surface area contributed by atoms with Crippen LogP contribution >= 0.6 is 11.6 Å². The molecule has 142 valence electrons. The van der Waals surface area contributed by atoms with Gasteiger partial charge < -0.3 is 5.32 Å². The first-order valence-corrected chi connectivity index (χ1v) is 8.93. The monoisotopic (exact) mass is 385 g/mol. The van der Waals surface area contributed by atoms with Crippen molar-refractivity contribution in [1.82, 2.24) is 5.43 Å². The average Bonchev–Trinajstić information content (AvgIpc) is 2.63. The van der Waals surface area contributed by atoms with Gasteiger partial charge in [0.2, 0.25) is 12.3 Å². The number of hydrazine groups is 1. The predicted octanol–water partition coefficient (Wildman–Crippen LogP) is 4.39. The standard InChI is InChI=1S/C21H24ClN3O2/c1-21(2,3)16-8-5-15(6-9-16)7-12-20(27)24-17-10-11-18(22)19(13-17)25(14-26)23-4/h5-14,23H,1-4H3,(H,24,27). The van der Waals surface area contributed by atoms with Gasteiger partial charge in [0.05, 0.1) is 10.7 Å². The zero-order valence-corrected chi connectivity index (χ0v) is 16.7. The fourth-order valence-electron chi connectivity index (χ4n) is 2.46. The third-order valence-electron chi connectivity index (χ3n) is 4.02. The summed E-state index contributed by atoms with van der Waals surface area (Å²) in [7, 11) is 1.60. The van der Waals surface area contributed by atoms with Gasteiger partial charge in [-0.3, -0.25) is 9.59 Å². The van der Waals surface area contributed by atoms with Crippen LogP contribution in [0.5, 0.6) is 0 Å². The number of hydrogen-bond acceptors (Lipinski definition) is 3. The molecular weight excluding hydrogens is 362 g/mol. The molecule has 0 saturated carbocycles. The molecule has 2 amide bonds. The number of carbonyl (C=O) groups excluding carboxylic acids is 2. The number of carbonyl (C=O) groups is 2. The van der Waals surface area contributed by atoms with E-state index >= 15 is 0 Å². The molecule has 0 aliphatic rings. The first kappa shape index (κ1) is 20.7. The van der Waals surface area contributed by atoms with Crippen molar-refractivity contribution in [3.05, 3.63) is 64.7 Å². The van der Waals surface area contributed by atoms with Crippen molar-refractivity contribution in [2.24, 2.45) is 0 Å². The number of hydrogen-bond donors (Lipinski definition) is 2.